The number of hydrogen-bond donors (Lipinski definition) is 1. The first-order chi connectivity index (χ1) is 22.7. The molecule has 250 valence electrons. The number of amides is 1. The highest BCUT2D eigenvalue weighted by Crippen LogP contribution is 2.31. The first-order valence-corrected chi connectivity index (χ1v) is 19.6. The molecule has 1 heterocycles. The van der Waals surface area contributed by atoms with Gasteiger partial charge in [-0.05, 0) is 110 Å². The lowest BCUT2D eigenvalue weighted by Gasteiger charge is -2.24. The van der Waals surface area contributed by atoms with Crippen LogP contribution in [0.3, 0.4) is 0 Å². The predicted molar refractivity (Wildman–Crippen MR) is 192 cm³/mol. The van der Waals surface area contributed by atoms with E-state index in [1.807, 2.05) is 54.6 Å². The van der Waals surface area contributed by atoms with Gasteiger partial charge >= 0.3 is 0 Å². The number of benzene rings is 4. The molecule has 5 rings (SSSR count). The van der Waals surface area contributed by atoms with Gasteiger partial charge in [-0.25, -0.2) is 16.8 Å². The Kier molecular flexibility index (Phi) is 10.5. The van der Waals surface area contributed by atoms with E-state index in [2.05, 4.69) is 11.1 Å². The maximum absolute atomic E-state index is 13.9. The summed E-state index contributed by atoms with van der Waals surface area (Å²) in [6, 6.07) is 29.3. The Labute approximate surface area is 282 Å². The number of sulfone groups is 2. The van der Waals surface area contributed by atoms with Crippen LogP contribution >= 0.6 is 0 Å². The highest BCUT2D eigenvalue weighted by atomic mass is 32.2. The molecule has 0 bridgehead atoms. The van der Waals surface area contributed by atoms with Crippen LogP contribution in [0.15, 0.2) is 108 Å². The number of anilines is 1. The summed E-state index contributed by atoms with van der Waals surface area (Å²) in [6.45, 7) is 3.75. The average molecular weight is 685 g/mol. The summed E-state index contributed by atoms with van der Waals surface area (Å²) in [5.41, 5.74) is 6.47. The molecule has 1 N–H and O–H groups in total. The van der Waals surface area contributed by atoms with Gasteiger partial charge in [-0.3, -0.25) is 9.78 Å². The number of hydrogen-bond acceptors (Lipinski definition) is 7. The number of fused-ring (bicyclic) bond motifs is 1. The number of aliphatic hydroxyl groups is 1. The molecule has 0 aliphatic rings. The van der Waals surface area contributed by atoms with Crippen molar-refractivity contribution in [3.63, 3.8) is 0 Å². The number of carbonyl (C=O) groups excluding carboxylic acids is 1. The lowest BCUT2D eigenvalue weighted by molar-refractivity contribution is 0.0987. The fourth-order valence-corrected chi connectivity index (χ4v) is 6.84. The Morgan fingerprint density at radius 1 is 0.792 bits per heavy atom. The van der Waals surface area contributed by atoms with Crippen molar-refractivity contribution in [1.29, 1.82) is 0 Å². The van der Waals surface area contributed by atoms with E-state index >= 15 is 0 Å². The number of rotatable bonds is 12. The van der Waals surface area contributed by atoms with Gasteiger partial charge in [0.2, 0.25) is 0 Å². The topological polar surface area (TPSA) is 122 Å². The van der Waals surface area contributed by atoms with Crippen molar-refractivity contribution < 1.29 is 26.7 Å². The van der Waals surface area contributed by atoms with Crippen LogP contribution in [0.25, 0.3) is 22.0 Å². The normalized spacial score (nSPS) is 13.3. The molecule has 10 heteroatoms. The second kappa shape index (κ2) is 14.4. The van der Waals surface area contributed by atoms with Crippen LogP contribution in [0.5, 0.6) is 0 Å². The van der Waals surface area contributed by atoms with Gasteiger partial charge in [0.1, 0.15) is 9.84 Å². The maximum Gasteiger partial charge on any atom is 0.258 e. The number of carbonyl (C=O) groups is 1. The quantitative estimate of drug-likeness (QED) is 0.169. The minimum atomic E-state index is -3.41. The first-order valence-electron chi connectivity index (χ1n) is 15.7. The third-order valence-electron chi connectivity index (χ3n) is 8.43. The molecule has 4 aromatic carbocycles. The van der Waals surface area contributed by atoms with E-state index < -0.39 is 31.0 Å². The molecule has 0 saturated heterocycles. The second-order valence-corrected chi connectivity index (χ2v) is 17.0. The Hall–Kier alpha value is -4.38. The lowest BCUT2D eigenvalue weighted by Crippen LogP contribution is -2.33. The molecular weight excluding hydrogens is 645 g/mol. The van der Waals surface area contributed by atoms with Crippen LogP contribution in [0.1, 0.15) is 40.9 Å². The Balaban J connectivity index is 1.46. The lowest BCUT2D eigenvalue weighted by atomic mass is 9.95. The molecule has 0 radical (unpaired) electrons. The molecule has 0 saturated carbocycles. The van der Waals surface area contributed by atoms with Crippen LogP contribution in [0.4, 0.5) is 5.69 Å². The van der Waals surface area contributed by atoms with E-state index in [1.54, 1.807) is 49.2 Å². The molecule has 0 fully saturated rings. The molecule has 1 amide bonds. The van der Waals surface area contributed by atoms with Gasteiger partial charge in [0.05, 0.1) is 21.8 Å². The monoisotopic (exact) mass is 684 g/mol. The van der Waals surface area contributed by atoms with Crippen LogP contribution in [0.2, 0.25) is 0 Å². The van der Waals surface area contributed by atoms with Crippen LogP contribution < -0.4 is 4.90 Å². The van der Waals surface area contributed by atoms with Crippen LogP contribution in [-0.2, 0) is 38.9 Å². The zero-order valence-electron chi connectivity index (χ0n) is 27.5. The number of pyridine rings is 1. The molecule has 0 aliphatic carbocycles. The Morgan fingerprint density at radius 3 is 2.15 bits per heavy atom. The molecular formula is C38H40N2O6S2. The Bertz CT molecular complexity index is 2140. The van der Waals surface area contributed by atoms with E-state index in [0.29, 0.717) is 37.1 Å². The van der Waals surface area contributed by atoms with Gasteiger partial charge in [0.25, 0.3) is 5.91 Å². The van der Waals surface area contributed by atoms with Crippen molar-refractivity contribution >= 4 is 42.2 Å². The van der Waals surface area contributed by atoms with Gasteiger partial charge in [-0.1, -0.05) is 42.5 Å². The zero-order chi connectivity index (χ0) is 34.6. The van der Waals surface area contributed by atoms with Crippen molar-refractivity contribution in [3.8, 4) is 11.1 Å². The molecule has 1 aromatic heterocycles. The van der Waals surface area contributed by atoms with Gasteiger partial charge in [0, 0.05) is 47.5 Å². The third-order valence-corrected chi connectivity index (χ3v) is 11.2. The summed E-state index contributed by atoms with van der Waals surface area (Å²) in [7, 11) is -6.62. The summed E-state index contributed by atoms with van der Waals surface area (Å²) in [4.78, 5) is 20.4. The van der Waals surface area contributed by atoms with Crippen molar-refractivity contribution in [2.45, 2.75) is 49.4 Å². The number of nitrogens with zero attached hydrogens (tertiary/aromatic N) is 2. The fourth-order valence-electron chi connectivity index (χ4n) is 5.71. The van der Waals surface area contributed by atoms with Gasteiger partial charge < -0.3 is 10.0 Å². The van der Waals surface area contributed by atoms with Gasteiger partial charge in [-0.15, -0.1) is 0 Å². The largest absolute Gasteiger partial charge is 0.393 e. The minimum absolute atomic E-state index is 0.169. The zero-order valence-corrected chi connectivity index (χ0v) is 29.1. The minimum Gasteiger partial charge on any atom is -0.393 e. The summed E-state index contributed by atoms with van der Waals surface area (Å²) in [6.07, 6.45) is 5.00. The van der Waals surface area contributed by atoms with Crippen LogP contribution in [0, 0.1) is 0 Å². The van der Waals surface area contributed by atoms with Gasteiger partial charge in [-0.2, -0.15) is 0 Å². The van der Waals surface area contributed by atoms with Crippen molar-refractivity contribution in [2.24, 2.45) is 0 Å². The van der Waals surface area contributed by atoms with E-state index in [9.17, 15) is 26.7 Å². The molecule has 2 unspecified atom stereocenters. The summed E-state index contributed by atoms with van der Waals surface area (Å²) in [5, 5.41) is 10.1. The fraction of sp³-hybridized carbons (Fsp3) is 0.263. The standard InChI is InChI=1S/C38H40N2O6S2/c1-26(41)21-29-10-12-31(13-11-29)38(42)40(34-14-16-35(17-15-34)48(4,45)46)20-18-28-7-5-8-32(23-28)36-25-30(22-27(2)47(3,43)44)24-33-9-6-19-39-37(33)36/h5-17,19,23-27,41H,18,20-22H2,1-4H3. The van der Waals surface area contributed by atoms with Crippen molar-refractivity contribution in [2.75, 3.05) is 24.0 Å². The first kappa shape index (κ1) is 34.9. The molecule has 2 atom stereocenters. The molecule has 0 spiro atoms. The SMILES string of the molecule is CC(O)Cc1ccc(C(=O)N(CCc2cccc(-c3cc(CC(C)S(C)(=O)=O)cc4cccnc34)c2)c2ccc(S(C)(=O)=O)cc2)cc1. The Morgan fingerprint density at radius 2 is 1.50 bits per heavy atom. The van der Waals surface area contributed by atoms with Gasteiger partial charge in [0.15, 0.2) is 9.84 Å². The van der Waals surface area contributed by atoms with E-state index in [-0.39, 0.29) is 10.8 Å². The molecule has 5 aromatic rings. The highest BCUT2D eigenvalue weighted by Gasteiger charge is 2.20. The second-order valence-electron chi connectivity index (χ2n) is 12.5. The number of aliphatic hydroxyl groups excluding tert-OH is 1. The number of aromatic nitrogens is 1. The molecule has 8 nitrogen and oxygen atoms in total. The van der Waals surface area contributed by atoms with Crippen molar-refractivity contribution in [1.82, 2.24) is 4.98 Å². The summed E-state index contributed by atoms with van der Waals surface area (Å²) in [5.74, 6) is -0.232. The van der Waals surface area contributed by atoms with E-state index in [0.717, 1.165) is 45.0 Å². The van der Waals surface area contributed by atoms with E-state index in [4.69, 9.17) is 0 Å². The van der Waals surface area contributed by atoms with Crippen LogP contribution in [-0.4, -0.2) is 63.2 Å². The molecule has 0 aliphatic heterocycles. The molecule has 48 heavy (non-hydrogen) atoms. The summed E-state index contributed by atoms with van der Waals surface area (Å²) < 4.78 is 48.6. The smallest absolute Gasteiger partial charge is 0.258 e. The predicted octanol–water partition coefficient (Wildman–Crippen LogP) is 6.09. The van der Waals surface area contributed by atoms with E-state index in [1.165, 1.54) is 18.4 Å². The third kappa shape index (κ3) is 8.55. The average Bonchev–Trinajstić information content (AvgIpc) is 3.04. The summed E-state index contributed by atoms with van der Waals surface area (Å²) >= 11 is 0. The maximum atomic E-state index is 13.9. The highest BCUT2D eigenvalue weighted by molar-refractivity contribution is 7.91. The van der Waals surface area contributed by atoms with Crippen molar-refractivity contribution in [3.05, 3.63) is 126 Å².